The lowest BCUT2D eigenvalue weighted by atomic mass is 9.70. The number of methoxy groups -OCH3 is 1. The number of nitrogens with one attached hydrogen (secondary N) is 1. The highest BCUT2D eigenvalue weighted by atomic mass is 32.2. The van der Waals surface area contributed by atoms with E-state index in [1.807, 2.05) is 18.2 Å². The summed E-state index contributed by atoms with van der Waals surface area (Å²) in [6.45, 7) is 2.19. The Morgan fingerprint density at radius 1 is 1.18 bits per heavy atom. The maximum Gasteiger partial charge on any atom is 0.243 e. The molecule has 1 aliphatic carbocycles. The number of benzene rings is 2. The van der Waals surface area contributed by atoms with E-state index in [-0.39, 0.29) is 17.5 Å². The monoisotopic (exact) mass is 485 g/mol. The summed E-state index contributed by atoms with van der Waals surface area (Å²) in [4.78, 5) is 5.83. The third kappa shape index (κ3) is 3.37. The van der Waals surface area contributed by atoms with Gasteiger partial charge in [-0.3, -0.25) is 4.90 Å². The van der Waals surface area contributed by atoms with E-state index >= 15 is 0 Å². The Hall–Kier alpha value is -2.46. The van der Waals surface area contributed by atoms with Crippen LogP contribution < -0.4 is 4.74 Å². The topological polar surface area (TPSA) is 85.9 Å². The van der Waals surface area contributed by atoms with Crippen LogP contribution in [0.25, 0.3) is 10.9 Å². The van der Waals surface area contributed by atoms with Crippen molar-refractivity contribution in [3.8, 4) is 5.75 Å². The molecule has 0 bridgehead atoms. The molecular weight excluding hydrogens is 457 g/mol. The van der Waals surface area contributed by atoms with Gasteiger partial charge in [0.05, 0.1) is 24.7 Å². The third-order valence-electron chi connectivity index (χ3n) is 7.60. The largest absolute Gasteiger partial charge is 0.497 e. The fourth-order valence-electron chi connectivity index (χ4n) is 5.77. The minimum Gasteiger partial charge on any atom is -0.497 e. The van der Waals surface area contributed by atoms with E-state index in [9.17, 15) is 17.9 Å². The molecule has 9 heteroatoms. The maximum absolute atomic E-state index is 13.8. The van der Waals surface area contributed by atoms with Gasteiger partial charge in [-0.1, -0.05) is 6.07 Å². The number of fused-ring (bicyclic) bond motifs is 4. The van der Waals surface area contributed by atoms with Gasteiger partial charge in [0.2, 0.25) is 10.0 Å². The summed E-state index contributed by atoms with van der Waals surface area (Å²) in [6.07, 6.45) is 2.39. The fourth-order valence-corrected chi connectivity index (χ4v) is 7.41. The molecule has 2 N–H and O–H groups in total. The number of aromatic amines is 1. The van der Waals surface area contributed by atoms with E-state index in [2.05, 4.69) is 9.88 Å². The van der Waals surface area contributed by atoms with Crippen molar-refractivity contribution < 1.29 is 22.7 Å². The highest BCUT2D eigenvalue weighted by Gasteiger charge is 2.56. The standard InChI is InChI=1S/C25H28FN3O4S/c1-33-18-7-8-20-21(10-18)27-24-22(12-30)28(11-16-5-6-16)13-25(23(20)24)14-29(15-25)34(31,32)19-4-2-3-17(26)9-19/h2-4,7-10,16,22,27,30H,5-6,11-15H2,1H3/t22-/m0/s1. The van der Waals surface area contributed by atoms with Crippen LogP contribution in [0.5, 0.6) is 5.75 Å². The predicted octanol–water partition coefficient (Wildman–Crippen LogP) is 3.02. The molecule has 2 aliphatic heterocycles. The van der Waals surface area contributed by atoms with Gasteiger partial charge in [-0.15, -0.1) is 0 Å². The first-order valence-electron chi connectivity index (χ1n) is 11.7. The van der Waals surface area contributed by atoms with Gasteiger partial charge in [-0.05, 0) is 54.7 Å². The van der Waals surface area contributed by atoms with Crippen LogP contribution in [0.1, 0.15) is 30.1 Å². The van der Waals surface area contributed by atoms with E-state index < -0.39 is 21.3 Å². The lowest BCUT2D eigenvalue weighted by molar-refractivity contribution is 0.0279. The molecule has 0 amide bonds. The summed E-state index contributed by atoms with van der Waals surface area (Å²) in [5, 5.41) is 11.4. The minimum absolute atomic E-state index is 0.00887. The van der Waals surface area contributed by atoms with Crippen LogP contribution in [-0.2, 0) is 15.4 Å². The third-order valence-corrected chi connectivity index (χ3v) is 9.39. The minimum atomic E-state index is -3.80. The van der Waals surface area contributed by atoms with Crippen molar-refractivity contribution in [2.24, 2.45) is 5.92 Å². The van der Waals surface area contributed by atoms with Gasteiger partial charge >= 0.3 is 0 Å². The van der Waals surface area contributed by atoms with Gasteiger partial charge in [0.25, 0.3) is 0 Å². The van der Waals surface area contributed by atoms with Crippen LogP contribution in [0.15, 0.2) is 47.4 Å². The van der Waals surface area contributed by atoms with Crippen LogP contribution in [0.4, 0.5) is 4.39 Å². The Morgan fingerprint density at radius 2 is 1.97 bits per heavy atom. The molecule has 2 fully saturated rings. The normalized spacial score (nSPS) is 22.6. The number of nitrogens with zero attached hydrogens (tertiary/aromatic N) is 2. The molecule has 1 spiro atoms. The van der Waals surface area contributed by atoms with Gasteiger partial charge in [0.1, 0.15) is 11.6 Å². The van der Waals surface area contributed by atoms with E-state index in [0.717, 1.165) is 40.5 Å². The highest BCUT2D eigenvalue weighted by molar-refractivity contribution is 7.89. The Bertz CT molecular complexity index is 1360. The van der Waals surface area contributed by atoms with Crippen molar-refractivity contribution in [2.45, 2.75) is 29.2 Å². The van der Waals surface area contributed by atoms with Crippen LogP contribution in [0, 0.1) is 11.7 Å². The van der Waals surface area contributed by atoms with Gasteiger partial charge in [0.15, 0.2) is 0 Å². The van der Waals surface area contributed by atoms with Crippen LogP contribution in [0.2, 0.25) is 0 Å². The van der Waals surface area contributed by atoms with Crippen molar-refractivity contribution in [3.63, 3.8) is 0 Å². The molecular formula is C25H28FN3O4S. The molecule has 0 unspecified atom stereocenters. The van der Waals surface area contributed by atoms with E-state index in [1.165, 1.54) is 35.3 Å². The second kappa shape index (κ2) is 7.78. The molecule has 2 aromatic carbocycles. The molecule has 3 aliphatic rings. The van der Waals surface area contributed by atoms with Crippen molar-refractivity contribution in [1.29, 1.82) is 0 Å². The lowest BCUT2D eigenvalue weighted by Gasteiger charge is -2.55. The van der Waals surface area contributed by atoms with Crippen LogP contribution in [-0.4, -0.2) is 67.6 Å². The van der Waals surface area contributed by atoms with Crippen molar-refractivity contribution in [1.82, 2.24) is 14.2 Å². The zero-order valence-electron chi connectivity index (χ0n) is 19.0. The van der Waals surface area contributed by atoms with Crippen LogP contribution in [0.3, 0.4) is 0 Å². The SMILES string of the molecule is COc1ccc2c3c([nH]c2c1)[C@H](CO)N(CC1CC1)CC31CN(S(=O)(=O)c2cccc(F)c2)C1. The highest BCUT2D eigenvalue weighted by Crippen LogP contribution is 2.50. The number of aliphatic hydroxyl groups is 1. The zero-order chi connectivity index (χ0) is 23.7. The molecule has 3 aromatic rings. The Kier molecular flexibility index (Phi) is 5.04. The Morgan fingerprint density at radius 3 is 2.65 bits per heavy atom. The number of halogens is 1. The zero-order valence-corrected chi connectivity index (χ0v) is 19.8. The number of sulfonamides is 1. The molecule has 6 rings (SSSR count). The summed E-state index contributed by atoms with van der Waals surface area (Å²) >= 11 is 0. The number of H-pyrrole nitrogens is 1. The maximum atomic E-state index is 13.8. The summed E-state index contributed by atoms with van der Waals surface area (Å²) in [6, 6.07) is 10.9. The smallest absolute Gasteiger partial charge is 0.243 e. The molecule has 34 heavy (non-hydrogen) atoms. The predicted molar refractivity (Wildman–Crippen MR) is 126 cm³/mol. The summed E-state index contributed by atoms with van der Waals surface area (Å²) in [7, 11) is -2.18. The molecule has 1 saturated heterocycles. The summed E-state index contributed by atoms with van der Waals surface area (Å²) in [5.74, 6) is 0.798. The summed E-state index contributed by atoms with van der Waals surface area (Å²) < 4.78 is 47.1. The van der Waals surface area contributed by atoms with Gasteiger partial charge in [-0.25, -0.2) is 12.8 Å². The van der Waals surface area contributed by atoms with E-state index in [1.54, 1.807) is 7.11 Å². The van der Waals surface area contributed by atoms with Crippen molar-refractivity contribution in [2.75, 3.05) is 39.9 Å². The average molecular weight is 486 g/mol. The first kappa shape index (κ1) is 22.0. The quantitative estimate of drug-likeness (QED) is 0.561. The molecule has 1 aromatic heterocycles. The molecule has 1 atom stereocenters. The first-order chi connectivity index (χ1) is 16.3. The van der Waals surface area contributed by atoms with Gasteiger partial charge in [0, 0.05) is 54.3 Å². The Labute approximate surface area is 198 Å². The second-order valence-corrected chi connectivity index (χ2v) is 11.8. The van der Waals surface area contributed by atoms with Gasteiger partial charge in [-0.2, -0.15) is 4.31 Å². The fraction of sp³-hybridized carbons (Fsp3) is 0.440. The molecule has 7 nitrogen and oxygen atoms in total. The van der Waals surface area contributed by atoms with Crippen LogP contribution >= 0.6 is 0 Å². The number of ether oxygens (including phenoxy) is 1. The Balaban J connectivity index is 1.42. The van der Waals surface area contributed by atoms with Crippen molar-refractivity contribution >= 4 is 20.9 Å². The molecule has 1 saturated carbocycles. The van der Waals surface area contributed by atoms with Crippen molar-refractivity contribution in [3.05, 3.63) is 59.5 Å². The number of aromatic nitrogens is 1. The molecule has 180 valence electrons. The second-order valence-electron chi connectivity index (χ2n) is 9.91. The first-order valence-corrected chi connectivity index (χ1v) is 13.1. The number of rotatable bonds is 6. The average Bonchev–Trinajstić information content (AvgIpc) is 3.53. The molecule has 3 heterocycles. The number of hydrogen-bond donors (Lipinski definition) is 2. The number of aliphatic hydroxyl groups excluding tert-OH is 1. The summed E-state index contributed by atoms with van der Waals surface area (Å²) in [5.41, 5.74) is 2.56. The lowest BCUT2D eigenvalue weighted by Crippen LogP contribution is -2.67. The van der Waals surface area contributed by atoms with E-state index in [0.29, 0.717) is 25.6 Å². The molecule has 0 radical (unpaired) electrons. The van der Waals surface area contributed by atoms with E-state index in [4.69, 9.17) is 4.74 Å². The van der Waals surface area contributed by atoms with Gasteiger partial charge < -0.3 is 14.8 Å². The number of hydrogen-bond acceptors (Lipinski definition) is 5.